The predicted molar refractivity (Wildman–Crippen MR) is 78.9 cm³/mol. The summed E-state index contributed by atoms with van der Waals surface area (Å²) in [4.78, 5) is 20.1. The van der Waals surface area contributed by atoms with Crippen LogP contribution in [0, 0.1) is 6.92 Å². The molecule has 0 spiro atoms. The van der Waals surface area contributed by atoms with Gasteiger partial charge in [0.05, 0.1) is 16.9 Å². The molecule has 0 fully saturated rings. The van der Waals surface area contributed by atoms with Crippen LogP contribution in [0.25, 0.3) is 0 Å². The first-order valence-corrected chi connectivity index (χ1v) is 6.78. The van der Waals surface area contributed by atoms with Crippen molar-refractivity contribution < 1.29 is 4.79 Å². The molecule has 19 heavy (non-hydrogen) atoms. The molecule has 0 aliphatic rings. The third-order valence-electron chi connectivity index (χ3n) is 2.35. The Morgan fingerprint density at radius 2 is 2.11 bits per heavy atom. The van der Waals surface area contributed by atoms with Crippen molar-refractivity contribution in [2.45, 2.75) is 6.92 Å². The van der Waals surface area contributed by atoms with Gasteiger partial charge in [-0.3, -0.25) is 4.79 Å². The lowest BCUT2D eigenvalue weighted by Crippen LogP contribution is -2.14. The van der Waals surface area contributed by atoms with Crippen LogP contribution >= 0.6 is 39.1 Å². The zero-order chi connectivity index (χ0) is 14.0. The normalized spacial score (nSPS) is 10.3. The SMILES string of the molecule is Cc1nc(Cl)ccc1NC(=O)c1cc(Br)cnc1Cl. The summed E-state index contributed by atoms with van der Waals surface area (Å²) in [7, 11) is 0. The van der Waals surface area contributed by atoms with Crippen molar-refractivity contribution >= 4 is 50.7 Å². The molecule has 1 N–H and O–H groups in total. The predicted octanol–water partition coefficient (Wildman–Crippen LogP) is 4.11. The number of nitrogens with zero attached hydrogens (tertiary/aromatic N) is 2. The highest BCUT2D eigenvalue weighted by molar-refractivity contribution is 9.10. The fraction of sp³-hybridized carbons (Fsp3) is 0.0833. The Balaban J connectivity index is 2.28. The molecular weight excluding hydrogens is 353 g/mol. The number of nitrogens with one attached hydrogen (secondary N) is 1. The molecule has 0 aliphatic heterocycles. The fourth-order valence-corrected chi connectivity index (χ4v) is 2.14. The topological polar surface area (TPSA) is 54.9 Å². The van der Waals surface area contributed by atoms with Crippen LogP contribution in [-0.2, 0) is 0 Å². The summed E-state index contributed by atoms with van der Waals surface area (Å²) in [5.74, 6) is -0.356. The number of amides is 1. The summed E-state index contributed by atoms with van der Waals surface area (Å²) in [6.45, 7) is 1.75. The fourth-order valence-electron chi connectivity index (χ4n) is 1.43. The highest BCUT2D eigenvalue weighted by Crippen LogP contribution is 2.21. The van der Waals surface area contributed by atoms with E-state index in [9.17, 15) is 4.79 Å². The van der Waals surface area contributed by atoms with E-state index in [1.807, 2.05) is 0 Å². The van der Waals surface area contributed by atoms with Gasteiger partial charge in [0.15, 0.2) is 0 Å². The van der Waals surface area contributed by atoms with Gasteiger partial charge in [0, 0.05) is 10.7 Å². The summed E-state index contributed by atoms with van der Waals surface area (Å²) in [6, 6.07) is 4.89. The molecule has 0 aromatic carbocycles. The Morgan fingerprint density at radius 3 is 2.79 bits per heavy atom. The molecule has 4 nitrogen and oxygen atoms in total. The molecule has 0 aliphatic carbocycles. The van der Waals surface area contributed by atoms with E-state index >= 15 is 0 Å². The first-order valence-electron chi connectivity index (χ1n) is 5.23. The lowest BCUT2D eigenvalue weighted by molar-refractivity contribution is 0.102. The summed E-state index contributed by atoms with van der Waals surface area (Å²) in [6.07, 6.45) is 1.52. The maximum Gasteiger partial charge on any atom is 0.258 e. The molecular formula is C12H8BrCl2N3O. The minimum Gasteiger partial charge on any atom is -0.320 e. The molecule has 0 bridgehead atoms. The van der Waals surface area contributed by atoms with E-state index in [0.29, 0.717) is 21.0 Å². The number of aromatic nitrogens is 2. The Morgan fingerprint density at radius 1 is 1.37 bits per heavy atom. The Kier molecular flexibility index (Phi) is 4.39. The average molecular weight is 361 g/mol. The monoisotopic (exact) mass is 359 g/mol. The van der Waals surface area contributed by atoms with E-state index in [0.717, 1.165) is 0 Å². The summed E-state index contributed by atoms with van der Waals surface area (Å²) in [5.41, 5.74) is 1.48. The lowest BCUT2D eigenvalue weighted by atomic mass is 10.2. The number of hydrogen-bond donors (Lipinski definition) is 1. The first kappa shape index (κ1) is 14.2. The molecule has 0 saturated heterocycles. The minimum atomic E-state index is -0.356. The second-order valence-electron chi connectivity index (χ2n) is 3.71. The van der Waals surface area contributed by atoms with Gasteiger partial charge in [-0.15, -0.1) is 0 Å². The van der Waals surface area contributed by atoms with Crippen molar-refractivity contribution in [2.75, 3.05) is 5.32 Å². The van der Waals surface area contributed by atoms with Gasteiger partial charge in [-0.25, -0.2) is 9.97 Å². The number of pyridine rings is 2. The molecule has 0 radical (unpaired) electrons. The van der Waals surface area contributed by atoms with E-state index < -0.39 is 0 Å². The second-order valence-corrected chi connectivity index (χ2v) is 5.37. The highest BCUT2D eigenvalue weighted by atomic mass is 79.9. The third kappa shape index (κ3) is 3.43. The zero-order valence-corrected chi connectivity index (χ0v) is 12.8. The molecule has 0 unspecified atom stereocenters. The highest BCUT2D eigenvalue weighted by Gasteiger charge is 2.13. The van der Waals surface area contributed by atoms with Gasteiger partial charge in [-0.1, -0.05) is 23.2 Å². The maximum atomic E-state index is 12.1. The van der Waals surface area contributed by atoms with E-state index in [-0.39, 0.29) is 16.6 Å². The molecule has 2 rings (SSSR count). The van der Waals surface area contributed by atoms with Crippen LogP contribution in [0.2, 0.25) is 10.3 Å². The number of aryl methyl sites for hydroxylation is 1. The van der Waals surface area contributed by atoms with Crippen LogP contribution in [-0.4, -0.2) is 15.9 Å². The van der Waals surface area contributed by atoms with Crippen molar-refractivity contribution in [3.63, 3.8) is 0 Å². The number of carbonyl (C=O) groups excluding carboxylic acids is 1. The van der Waals surface area contributed by atoms with Gasteiger partial charge < -0.3 is 5.32 Å². The van der Waals surface area contributed by atoms with Gasteiger partial charge in [-0.2, -0.15) is 0 Å². The molecule has 2 aromatic rings. The molecule has 1 amide bonds. The molecule has 98 valence electrons. The average Bonchev–Trinajstić information content (AvgIpc) is 2.35. The van der Waals surface area contributed by atoms with Gasteiger partial charge in [0.1, 0.15) is 10.3 Å². The number of carbonyl (C=O) groups is 1. The number of hydrogen-bond acceptors (Lipinski definition) is 3. The van der Waals surface area contributed by atoms with E-state index in [1.54, 1.807) is 25.1 Å². The van der Waals surface area contributed by atoms with Crippen molar-refractivity contribution in [2.24, 2.45) is 0 Å². The Labute approximate surface area is 128 Å². The maximum absolute atomic E-state index is 12.1. The van der Waals surface area contributed by atoms with E-state index in [4.69, 9.17) is 23.2 Å². The minimum absolute atomic E-state index is 0.139. The van der Waals surface area contributed by atoms with Crippen molar-refractivity contribution in [3.8, 4) is 0 Å². The number of anilines is 1. The smallest absolute Gasteiger partial charge is 0.258 e. The molecule has 7 heteroatoms. The van der Waals surface area contributed by atoms with Crippen LogP contribution in [0.4, 0.5) is 5.69 Å². The van der Waals surface area contributed by atoms with Gasteiger partial charge >= 0.3 is 0 Å². The largest absolute Gasteiger partial charge is 0.320 e. The third-order valence-corrected chi connectivity index (χ3v) is 3.30. The van der Waals surface area contributed by atoms with E-state index in [1.165, 1.54) is 6.20 Å². The van der Waals surface area contributed by atoms with Crippen LogP contribution in [0.1, 0.15) is 16.1 Å². The van der Waals surface area contributed by atoms with Gasteiger partial charge in [0.25, 0.3) is 5.91 Å². The Bertz CT molecular complexity index is 649. The van der Waals surface area contributed by atoms with Crippen LogP contribution in [0.15, 0.2) is 28.9 Å². The molecule has 0 saturated carbocycles. The summed E-state index contributed by atoms with van der Waals surface area (Å²) >= 11 is 14.9. The first-order chi connectivity index (χ1) is 8.97. The van der Waals surface area contributed by atoms with Gasteiger partial charge in [-0.05, 0) is 41.1 Å². The van der Waals surface area contributed by atoms with Crippen LogP contribution in [0.3, 0.4) is 0 Å². The quantitative estimate of drug-likeness (QED) is 0.820. The van der Waals surface area contributed by atoms with Crippen molar-refractivity contribution in [3.05, 3.63) is 50.4 Å². The van der Waals surface area contributed by atoms with Crippen molar-refractivity contribution in [1.29, 1.82) is 0 Å². The van der Waals surface area contributed by atoms with E-state index in [2.05, 4.69) is 31.2 Å². The number of halogens is 3. The molecule has 0 atom stereocenters. The summed E-state index contributed by atoms with van der Waals surface area (Å²) < 4.78 is 0.674. The second kappa shape index (κ2) is 5.86. The van der Waals surface area contributed by atoms with Gasteiger partial charge in [0.2, 0.25) is 0 Å². The zero-order valence-electron chi connectivity index (χ0n) is 9.75. The van der Waals surface area contributed by atoms with Crippen LogP contribution in [0.5, 0.6) is 0 Å². The molecule has 2 aromatic heterocycles. The van der Waals surface area contributed by atoms with Crippen molar-refractivity contribution in [1.82, 2.24) is 9.97 Å². The standard InChI is InChI=1S/C12H8BrCl2N3O/c1-6-9(2-3-10(14)17-6)18-12(19)8-4-7(13)5-16-11(8)15/h2-5H,1H3,(H,18,19). The molecule has 2 heterocycles. The lowest BCUT2D eigenvalue weighted by Gasteiger charge is -2.08. The Hall–Kier alpha value is -1.17. The number of rotatable bonds is 2. The summed E-state index contributed by atoms with van der Waals surface area (Å²) in [5, 5.41) is 3.23. The van der Waals surface area contributed by atoms with Crippen LogP contribution < -0.4 is 5.32 Å².